The summed E-state index contributed by atoms with van der Waals surface area (Å²) in [6, 6.07) is 4.33. The second kappa shape index (κ2) is 4.91. The number of nitrogens with two attached hydrogens (primary N) is 1. The van der Waals surface area contributed by atoms with Gasteiger partial charge in [0.15, 0.2) is 0 Å². The lowest BCUT2D eigenvalue weighted by Gasteiger charge is -2.37. The first kappa shape index (κ1) is 14.4. The van der Waals surface area contributed by atoms with E-state index in [4.69, 9.17) is 17.3 Å². The first-order valence-electron chi connectivity index (χ1n) is 5.53. The van der Waals surface area contributed by atoms with Crippen molar-refractivity contribution in [3.8, 4) is 0 Å². The Morgan fingerprint density at radius 3 is 2.29 bits per heavy atom. The van der Waals surface area contributed by atoms with Gasteiger partial charge in [0.2, 0.25) is 0 Å². The van der Waals surface area contributed by atoms with Crippen molar-refractivity contribution in [3.05, 3.63) is 34.6 Å². The Kier molecular flexibility index (Phi) is 4.15. The number of halogens is 3. The predicted molar refractivity (Wildman–Crippen MR) is 67.5 cm³/mol. The zero-order valence-corrected chi connectivity index (χ0v) is 11.1. The first-order valence-corrected chi connectivity index (χ1v) is 5.91. The molecule has 0 fully saturated rings. The molecule has 0 aliphatic carbocycles. The maximum Gasteiger partial charge on any atom is 0.132 e. The zero-order valence-electron chi connectivity index (χ0n) is 10.4. The highest BCUT2D eigenvalue weighted by molar-refractivity contribution is 6.31. The van der Waals surface area contributed by atoms with Crippen LogP contribution in [0.3, 0.4) is 0 Å². The Morgan fingerprint density at radius 1 is 1.29 bits per heavy atom. The monoisotopic (exact) mass is 261 g/mol. The van der Waals surface area contributed by atoms with E-state index in [2.05, 4.69) is 0 Å². The molecule has 96 valence electrons. The fraction of sp³-hybridized carbons (Fsp3) is 0.538. The average molecular weight is 262 g/mol. The molecule has 17 heavy (non-hydrogen) atoms. The zero-order chi connectivity index (χ0) is 13.3. The van der Waals surface area contributed by atoms with Crippen molar-refractivity contribution in [1.82, 2.24) is 0 Å². The number of hydrogen-bond donors (Lipinski definition) is 1. The molecule has 1 aromatic carbocycles. The molecule has 0 saturated carbocycles. The molecule has 4 heteroatoms. The van der Waals surface area contributed by atoms with Gasteiger partial charge in [-0.25, -0.2) is 8.78 Å². The number of benzene rings is 1. The number of hydrogen-bond acceptors (Lipinski definition) is 1. The summed E-state index contributed by atoms with van der Waals surface area (Å²) < 4.78 is 28.3. The van der Waals surface area contributed by atoms with Gasteiger partial charge in [-0.05, 0) is 17.5 Å². The fourth-order valence-electron chi connectivity index (χ4n) is 1.62. The molecule has 0 aliphatic heterocycles. The summed E-state index contributed by atoms with van der Waals surface area (Å²) in [5, 5.41) is 0.240. The summed E-state index contributed by atoms with van der Waals surface area (Å²) in [5.74, 6) is -0.489. The van der Waals surface area contributed by atoms with Crippen molar-refractivity contribution in [1.29, 1.82) is 0 Å². The van der Waals surface area contributed by atoms with E-state index in [-0.39, 0.29) is 23.6 Å². The quantitative estimate of drug-likeness (QED) is 0.881. The van der Waals surface area contributed by atoms with Gasteiger partial charge in [-0.2, -0.15) is 0 Å². The fourth-order valence-corrected chi connectivity index (χ4v) is 1.85. The van der Waals surface area contributed by atoms with Gasteiger partial charge in [0, 0.05) is 23.6 Å². The van der Waals surface area contributed by atoms with E-state index in [1.54, 1.807) is 26.8 Å². The molecule has 1 unspecified atom stereocenters. The first-order chi connectivity index (χ1) is 7.71. The van der Waals surface area contributed by atoms with Crippen molar-refractivity contribution < 1.29 is 8.78 Å². The molecule has 1 aromatic rings. The smallest absolute Gasteiger partial charge is 0.132 e. The molecule has 0 spiro atoms. The Balaban J connectivity index is 3.12. The van der Waals surface area contributed by atoms with Gasteiger partial charge in [-0.15, -0.1) is 0 Å². The van der Waals surface area contributed by atoms with Gasteiger partial charge in [0.25, 0.3) is 0 Å². The second-order valence-electron chi connectivity index (χ2n) is 5.30. The molecule has 0 heterocycles. The van der Waals surface area contributed by atoms with E-state index in [0.717, 1.165) is 0 Å². The van der Waals surface area contributed by atoms with Gasteiger partial charge in [-0.3, -0.25) is 0 Å². The number of rotatable bonds is 3. The van der Waals surface area contributed by atoms with Crippen LogP contribution in [-0.4, -0.2) is 12.2 Å². The van der Waals surface area contributed by atoms with Crippen LogP contribution in [0.5, 0.6) is 0 Å². The van der Waals surface area contributed by atoms with Gasteiger partial charge >= 0.3 is 0 Å². The Morgan fingerprint density at radius 2 is 1.88 bits per heavy atom. The summed E-state index contributed by atoms with van der Waals surface area (Å²) >= 11 is 5.90. The third-order valence-corrected chi connectivity index (χ3v) is 3.54. The van der Waals surface area contributed by atoms with Crippen molar-refractivity contribution in [2.24, 2.45) is 11.1 Å². The molecular formula is C13H18ClF2N. The molecule has 1 atom stereocenters. The highest BCUT2D eigenvalue weighted by Crippen LogP contribution is 2.38. The molecule has 0 aromatic heterocycles. The largest absolute Gasteiger partial charge is 0.327 e. The Labute approximate surface area is 106 Å². The standard InChI is InChI=1S/C13H18ClF2N/c1-12(2,3)13(16,8-17)7-9-10(14)5-4-6-11(9)15/h4-6H,7-8,17H2,1-3H3. The van der Waals surface area contributed by atoms with Crippen molar-refractivity contribution >= 4 is 11.6 Å². The van der Waals surface area contributed by atoms with Gasteiger partial charge < -0.3 is 5.73 Å². The van der Waals surface area contributed by atoms with Crippen LogP contribution < -0.4 is 5.73 Å². The highest BCUT2D eigenvalue weighted by Gasteiger charge is 2.42. The van der Waals surface area contributed by atoms with Crippen LogP contribution in [0.25, 0.3) is 0 Å². The number of alkyl halides is 1. The maximum absolute atomic E-state index is 14.7. The van der Waals surface area contributed by atoms with Gasteiger partial charge in [0.05, 0.1) is 0 Å². The molecule has 0 amide bonds. The normalized spacial score (nSPS) is 15.7. The lowest BCUT2D eigenvalue weighted by atomic mass is 9.74. The molecular weight excluding hydrogens is 244 g/mol. The van der Waals surface area contributed by atoms with Crippen LogP contribution in [-0.2, 0) is 6.42 Å². The average Bonchev–Trinajstić information content (AvgIpc) is 2.22. The molecule has 0 saturated heterocycles. The van der Waals surface area contributed by atoms with Crippen LogP contribution in [0.4, 0.5) is 8.78 Å². The minimum Gasteiger partial charge on any atom is -0.327 e. The maximum atomic E-state index is 14.7. The van der Waals surface area contributed by atoms with Crippen LogP contribution in [0.15, 0.2) is 18.2 Å². The lowest BCUT2D eigenvalue weighted by molar-refractivity contribution is 0.0375. The van der Waals surface area contributed by atoms with E-state index in [1.807, 2.05) is 0 Å². The van der Waals surface area contributed by atoms with Crippen LogP contribution in [0, 0.1) is 11.2 Å². The molecule has 0 radical (unpaired) electrons. The molecule has 1 rings (SSSR count). The highest BCUT2D eigenvalue weighted by atomic mass is 35.5. The summed E-state index contributed by atoms with van der Waals surface area (Å²) in [5.41, 5.74) is 3.34. The second-order valence-corrected chi connectivity index (χ2v) is 5.70. The van der Waals surface area contributed by atoms with Crippen LogP contribution in [0.2, 0.25) is 5.02 Å². The topological polar surface area (TPSA) is 26.0 Å². The molecule has 1 nitrogen and oxygen atoms in total. The van der Waals surface area contributed by atoms with E-state index in [0.29, 0.717) is 0 Å². The summed E-state index contributed by atoms with van der Waals surface area (Å²) in [7, 11) is 0. The Hall–Kier alpha value is -0.670. The van der Waals surface area contributed by atoms with Crippen LogP contribution in [0.1, 0.15) is 26.3 Å². The molecule has 2 N–H and O–H groups in total. The van der Waals surface area contributed by atoms with E-state index >= 15 is 0 Å². The van der Waals surface area contributed by atoms with Crippen molar-refractivity contribution in [2.45, 2.75) is 32.9 Å². The molecule has 0 bridgehead atoms. The predicted octanol–water partition coefficient (Wildman–Crippen LogP) is 3.73. The van der Waals surface area contributed by atoms with Crippen LogP contribution >= 0.6 is 11.6 Å². The summed E-state index contributed by atoms with van der Waals surface area (Å²) in [4.78, 5) is 0. The van der Waals surface area contributed by atoms with E-state index in [1.165, 1.54) is 12.1 Å². The van der Waals surface area contributed by atoms with Crippen molar-refractivity contribution in [2.75, 3.05) is 6.54 Å². The van der Waals surface area contributed by atoms with Gasteiger partial charge in [-0.1, -0.05) is 38.4 Å². The molecule has 0 aliphatic rings. The third kappa shape index (κ3) is 2.96. The minimum atomic E-state index is -1.68. The SMILES string of the molecule is CC(C)(C)C(F)(CN)Cc1c(F)cccc1Cl. The Bertz CT molecular complexity index is 381. The van der Waals surface area contributed by atoms with Crippen molar-refractivity contribution in [3.63, 3.8) is 0 Å². The van der Waals surface area contributed by atoms with E-state index < -0.39 is 16.9 Å². The third-order valence-electron chi connectivity index (χ3n) is 3.19. The summed E-state index contributed by atoms with van der Waals surface area (Å²) in [6.45, 7) is 5.07. The minimum absolute atomic E-state index is 0.113. The summed E-state index contributed by atoms with van der Waals surface area (Å²) in [6.07, 6.45) is -0.113. The lowest BCUT2D eigenvalue weighted by Crippen LogP contribution is -2.47. The van der Waals surface area contributed by atoms with Gasteiger partial charge in [0.1, 0.15) is 11.5 Å². The van der Waals surface area contributed by atoms with E-state index in [9.17, 15) is 8.78 Å².